The molecule has 110 valence electrons. The van der Waals surface area contributed by atoms with Crippen LogP contribution in [-0.2, 0) is 0 Å². The van der Waals surface area contributed by atoms with E-state index >= 15 is 0 Å². The molecule has 1 N–H and O–H groups in total. The number of carbonyl (C=O) groups is 1. The van der Waals surface area contributed by atoms with Gasteiger partial charge in [0.05, 0.1) is 9.20 Å². The molecule has 0 spiro atoms. The highest BCUT2D eigenvalue weighted by Crippen LogP contribution is 2.11. The van der Waals surface area contributed by atoms with Gasteiger partial charge in [-0.05, 0) is 40.6 Å². The molecule has 2 aromatic heterocycles. The Morgan fingerprint density at radius 1 is 1.27 bits per heavy atom. The smallest absolute Gasteiger partial charge is 0.266 e. The Balaban J connectivity index is 1.99. The first-order valence-corrected chi connectivity index (χ1v) is 8.50. The standard InChI is InChI=1S/C16H10ClNO2S2/c17-12-3-1-2-11(7-12)13(19)8-15-18-16(20)14(22-15)6-10-4-5-21-9-10/h1-9H,(H,18,20)/b14-6+,15-8+. The van der Waals surface area contributed by atoms with E-state index in [0.717, 1.165) is 5.56 Å². The summed E-state index contributed by atoms with van der Waals surface area (Å²) in [6.07, 6.45) is 3.23. The number of aromatic nitrogens is 1. The summed E-state index contributed by atoms with van der Waals surface area (Å²) in [4.78, 5) is 26.8. The van der Waals surface area contributed by atoms with Crippen LogP contribution >= 0.6 is 34.3 Å². The second-order valence-corrected chi connectivity index (χ2v) is 6.80. The molecule has 0 aliphatic rings. The third-order valence-corrected chi connectivity index (χ3v) is 4.79. The molecular formula is C16H10ClNO2S2. The summed E-state index contributed by atoms with van der Waals surface area (Å²) < 4.78 is 1.10. The van der Waals surface area contributed by atoms with Crippen molar-refractivity contribution in [3.05, 3.63) is 76.8 Å². The minimum absolute atomic E-state index is 0.193. The van der Waals surface area contributed by atoms with Crippen molar-refractivity contribution in [2.75, 3.05) is 0 Å². The third-order valence-electron chi connectivity index (χ3n) is 2.89. The quantitative estimate of drug-likeness (QED) is 0.740. The highest BCUT2D eigenvalue weighted by Gasteiger charge is 2.04. The van der Waals surface area contributed by atoms with Gasteiger partial charge in [-0.3, -0.25) is 9.59 Å². The fourth-order valence-electron chi connectivity index (χ4n) is 1.88. The van der Waals surface area contributed by atoms with Gasteiger partial charge < -0.3 is 4.98 Å². The van der Waals surface area contributed by atoms with E-state index in [2.05, 4.69) is 4.98 Å². The SMILES string of the molecule is O=C(/C=c1\[nH]c(=O)/c(=C\c2ccsc2)s1)c1cccc(Cl)c1. The minimum atomic E-state index is -0.193. The first-order chi connectivity index (χ1) is 10.6. The lowest BCUT2D eigenvalue weighted by molar-refractivity contribution is 0.106. The predicted molar refractivity (Wildman–Crippen MR) is 92.3 cm³/mol. The van der Waals surface area contributed by atoms with Crippen LogP contribution in [0.2, 0.25) is 5.02 Å². The summed E-state index contributed by atoms with van der Waals surface area (Å²) in [5, 5.41) is 4.41. The molecule has 22 heavy (non-hydrogen) atoms. The Morgan fingerprint density at radius 2 is 2.14 bits per heavy atom. The Kier molecular flexibility index (Phi) is 4.38. The predicted octanol–water partition coefficient (Wildman–Crippen LogP) is 2.64. The van der Waals surface area contributed by atoms with Crippen molar-refractivity contribution in [3.8, 4) is 0 Å². The number of rotatable bonds is 3. The number of halogens is 1. The van der Waals surface area contributed by atoms with E-state index in [-0.39, 0.29) is 11.3 Å². The summed E-state index contributed by atoms with van der Waals surface area (Å²) in [5.41, 5.74) is 1.27. The summed E-state index contributed by atoms with van der Waals surface area (Å²) in [7, 11) is 0. The van der Waals surface area contributed by atoms with Gasteiger partial charge in [0.25, 0.3) is 5.56 Å². The van der Waals surface area contributed by atoms with Crippen LogP contribution in [0.4, 0.5) is 0 Å². The molecule has 0 radical (unpaired) electrons. The van der Waals surface area contributed by atoms with Crippen LogP contribution in [0.1, 0.15) is 15.9 Å². The number of H-pyrrole nitrogens is 1. The van der Waals surface area contributed by atoms with E-state index in [1.807, 2.05) is 16.8 Å². The maximum atomic E-state index is 12.2. The molecule has 0 saturated carbocycles. The number of hydrogen-bond donors (Lipinski definition) is 1. The van der Waals surface area contributed by atoms with Crippen LogP contribution in [0.3, 0.4) is 0 Å². The van der Waals surface area contributed by atoms with E-state index in [9.17, 15) is 9.59 Å². The van der Waals surface area contributed by atoms with E-state index in [4.69, 9.17) is 11.6 Å². The van der Waals surface area contributed by atoms with Gasteiger partial charge >= 0.3 is 0 Å². The zero-order chi connectivity index (χ0) is 15.5. The van der Waals surface area contributed by atoms with Gasteiger partial charge in [-0.15, -0.1) is 11.3 Å². The highest BCUT2D eigenvalue weighted by molar-refractivity contribution is 7.08. The van der Waals surface area contributed by atoms with Gasteiger partial charge in [-0.25, -0.2) is 0 Å². The fraction of sp³-hybridized carbons (Fsp3) is 0. The molecule has 6 heteroatoms. The van der Waals surface area contributed by atoms with Crippen molar-refractivity contribution in [1.29, 1.82) is 0 Å². The van der Waals surface area contributed by atoms with E-state index in [1.165, 1.54) is 17.4 Å². The maximum Gasteiger partial charge on any atom is 0.266 e. The monoisotopic (exact) mass is 347 g/mol. The number of nitrogens with one attached hydrogen (secondary N) is 1. The molecule has 3 rings (SSSR count). The first-order valence-electron chi connectivity index (χ1n) is 6.36. The lowest BCUT2D eigenvalue weighted by atomic mass is 10.1. The summed E-state index contributed by atoms with van der Waals surface area (Å²) >= 11 is 8.70. The van der Waals surface area contributed by atoms with Gasteiger partial charge in [0.1, 0.15) is 0 Å². The minimum Gasteiger partial charge on any atom is -0.313 e. The lowest BCUT2D eigenvalue weighted by Crippen LogP contribution is -2.19. The number of hydrogen-bond acceptors (Lipinski definition) is 4. The van der Waals surface area contributed by atoms with Crippen molar-refractivity contribution < 1.29 is 4.79 Å². The number of benzene rings is 1. The van der Waals surface area contributed by atoms with Crippen molar-refractivity contribution >= 4 is 52.2 Å². The average molecular weight is 348 g/mol. The van der Waals surface area contributed by atoms with Crippen molar-refractivity contribution in [2.45, 2.75) is 0 Å². The third kappa shape index (κ3) is 3.44. The number of ketones is 1. The topological polar surface area (TPSA) is 49.9 Å². The largest absolute Gasteiger partial charge is 0.313 e. The van der Waals surface area contributed by atoms with Crippen LogP contribution in [0, 0.1) is 0 Å². The number of carbonyl (C=O) groups excluding carboxylic acids is 1. The molecule has 0 atom stereocenters. The Hall–Kier alpha value is -1.95. The van der Waals surface area contributed by atoms with Crippen LogP contribution in [-0.4, -0.2) is 10.8 Å². The molecule has 2 heterocycles. The second kappa shape index (κ2) is 6.44. The second-order valence-electron chi connectivity index (χ2n) is 4.50. The molecule has 0 aliphatic heterocycles. The highest BCUT2D eigenvalue weighted by atomic mass is 35.5. The number of thiazole rings is 1. The summed E-state index contributed by atoms with van der Waals surface area (Å²) in [6.45, 7) is 0. The molecule has 0 bridgehead atoms. The van der Waals surface area contributed by atoms with Crippen molar-refractivity contribution in [1.82, 2.24) is 4.98 Å². The fourth-order valence-corrected chi connectivity index (χ4v) is 3.57. The number of Topliss-reactive ketones (excluding diaryl/α,β-unsaturated/α-hetero) is 1. The summed E-state index contributed by atoms with van der Waals surface area (Å²) in [6, 6.07) is 8.65. The Morgan fingerprint density at radius 3 is 2.86 bits per heavy atom. The zero-order valence-electron chi connectivity index (χ0n) is 11.2. The molecule has 0 aliphatic carbocycles. The van der Waals surface area contributed by atoms with Gasteiger partial charge in [-0.2, -0.15) is 11.3 Å². The normalized spacial score (nSPS) is 12.8. The van der Waals surface area contributed by atoms with Crippen LogP contribution < -0.4 is 14.8 Å². The molecule has 1 aromatic carbocycles. The van der Waals surface area contributed by atoms with Gasteiger partial charge in [0, 0.05) is 16.7 Å². The Labute approximate surface area is 138 Å². The zero-order valence-corrected chi connectivity index (χ0v) is 13.6. The maximum absolute atomic E-state index is 12.2. The molecule has 0 amide bonds. The van der Waals surface area contributed by atoms with Crippen molar-refractivity contribution in [3.63, 3.8) is 0 Å². The number of thiophene rings is 1. The number of aromatic amines is 1. The summed E-state index contributed by atoms with van der Waals surface area (Å²) in [5.74, 6) is -0.193. The van der Waals surface area contributed by atoms with E-state index in [0.29, 0.717) is 19.8 Å². The molecule has 0 fully saturated rings. The van der Waals surface area contributed by atoms with Gasteiger partial charge in [-0.1, -0.05) is 23.7 Å². The Bertz CT molecular complexity index is 984. The molecule has 0 unspecified atom stereocenters. The average Bonchev–Trinajstić information content (AvgIpc) is 3.10. The molecule has 3 aromatic rings. The first kappa shape index (κ1) is 15.0. The van der Waals surface area contributed by atoms with Gasteiger partial charge in [0.15, 0.2) is 5.78 Å². The van der Waals surface area contributed by atoms with E-state index < -0.39 is 0 Å². The lowest BCUT2D eigenvalue weighted by Gasteiger charge is -1.94. The van der Waals surface area contributed by atoms with Gasteiger partial charge in [0.2, 0.25) is 0 Å². The molecular weight excluding hydrogens is 338 g/mol. The van der Waals surface area contributed by atoms with Crippen LogP contribution in [0.5, 0.6) is 0 Å². The van der Waals surface area contributed by atoms with E-state index in [1.54, 1.807) is 41.7 Å². The molecule has 3 nitrogen and oxygen atoms in total. The van der Waals surface area contributed by atoms with Crippen LogP contribution in [0.25, 0.3) is 12.2 Å². The van der Waals surface area contributed by atoms with Crippen molar-refractivity contribution in [2.24, 2.45) is 0 Å². The van der Waals surface area contributed by atoms with Crippen LogP contribution in [0.15, 0.2) is 45.9 Å². The molecule has 0 saturated heterocycles.